The van der Waals surface area contributed by atoms with Crippen LogP contribution in [0.1, 0.15) is 60.4 Å². The SMILES string of the molecule is CC(=O)NC(CCCN=C(N)N)C(=O)Nc1c(C(=O)Nc2ccc(C(=O)O)cc2)c(-c2ccccc2)c(-c2ccccc2)n1C(C)C. The minimum Gasteiger partial charge on any atom is -0.478 e. The third-order valence-electron chi connectivity index (χ3n) is 7.33. The second-order valence-corrected chi connectivity index (χ2v) is 11.2. The van der Waals surface area contributed by atoms with Crippen LogP contribution in [0.25, 0.3) is 22.4 Å². The van der Waals surface area contributed by atoms with Gasteiger partial charge in [-0.15, -0.1) is 0 Å². The molecule has 8 N–H and O–H groups in total. The van der Waals surface area contributed by atoms with Crippen LogP contribution in [-0.2, 0) is 9.59 Å². The number of aromatic nitrogens is 1. The number of benzene rings is 3. The molecule has 0 aliphatic carbocycles. The van der Waals surface area contributed by atoms with Crippen molar-refractivity contribution in [3.63, 3.8) is 0 Å². The monoisotopic (exact) mass is 637 g/mol. The number of hydrogen-bond acceptors (Lipinski definition) is 5. The zero-order valence-corrected chi connectivity index (χ0v) is 26.5. The zero-order chi connectivity index (χ0) is 34.1. The van der Waals surface area contributed by atoms with Crippen molar-refractivity contribution in [2.24, 2.45) is 16.5 Å². The Labute approximate surface area is 272 Å². The Morgan fingerprint density at radius 1 is 0.851 bits per heavy atom. The highest BCUT2D eigenvalue weighted by Gasteiger charge is 2.32. The van der Waals surface area contributed by atoms with Crippen LogP contribution in [0.4, 0.5) is 11.5 Å². The number of carbonyl (C=O) groups excluding carboxylic acids is 3. The molecule has 3 amide bonds. The van der Waals surface area contributed by atoms with E-state index in [9.17, 15) is 24.3 Å². The van der Waals surface area contributed by atoms with Crippen LogP contribution in [0.5, 0.6) is 0 Å². The summed E-state index contributed by atoms with van der Waals surface area (Å²) in [6, 6.07) is 23.6. The van der Waals surface area contributed by atoms with Gasteiger partial charge in [-0.25, -0.2) is 4.79 Å². The minimum atomic E-state index is -1.09. The maximum atomic E-state index is 14.4. The van der Waals surface area contributed by atoms with E-state index in [2.05, 4.69) is 20.9 Å². The van der Waals surface area contributed by atoms with E-state index in [1.165, 1.54) is 31.2 Å². The number of aliphatic imine (C=N–C) groups is 1. The molecule has 12 nitrogen and oxygen atoms in total. The second kappa shape index (κ2) is 15.4. The van der Waals surface area contributed by atoms with Crippen molar-refractivity contribution in [3.8, 4) is 22.4 Å². The second-order valence-electron chi connectivity index (χ2n) is 11.2. The topological polar surface area (TPSA) is 194 Å². The van der Waals surface area contributed by atoms with Crippen LogP contribution in [0, 0.1) is 0 Å². The van der Waals surface area contributed by atoms with Gasteiger partial charge in [-0.2, -0.15) is 0 Å². The number of guanidine groups is 1. The van der Waals surface area contributed by atoms with E-state index in [1.54, 1.807) is 0 Å². The Morgan fingerprint density at radius 2 is 1.45 bits per heavy atom. The molecule has 1 atom stereocenters. The molecule has 0 aliphatic heterocycles. The minimum absolute atomic E-state index is 0.0714. The maximum Gasteiger partial charge on any atom is 0.335 e. The van der Waals surface area contributed by atoms with E-state index in [1.807, 2.05) is 79.1 Å². The summed E-state index contributed by atoms with van der Waals surface area (Å²) in [5, 5.41) is 17.9. The fourth-order valence-corrected chi connectivity index (χ4v) is 5.33. The van der Waals surface area contributed by atoms with Gasteiger partial charge in [0.2, 0.25) is 11.8 Å². The number of rotatable bonds is 13. The molecule has 0 saturated carbocycles. The quantitative estimate of drug-likeness (QED) is 0.0685. The van der Waals surface area contributed by atoms with Crippen LogP contribution < -0.4 is 27.4 Å². The summed E-state index contributed by atoms with van der Waals surface area (Å²) in [5.74, 6) is -2.37. The van der Waals surface area contributed by atoms with Crippen molar-refractivity contribution >= 4 is 41.2 Å². The molecule has 0 fully saturated rings. The summed E-state index contributed by atoms with van der Waals surface area (Å²) in [6.07, 6.45) is 0.644. The molecule has 4 rings (SSSR count). The van der Waals surface area contributed by atoms with E-state index in [0.717, 1.165) is 11.1 Å². The Hall–Kier alpha value is -5.91. The van der Waals surface area contributed by atoms with Crippen LogP contribution >= 0.6 is 0 Å². The number of nitrogens with one attached hydrogen (secondary N) is 3. The summed E-state index contributed by atoms with van der Waals surface area (Å²) in [5.41, 5.74) is 14.4. The molecule has 12 heteroatoms. The first-order chi connectivity index (χ1) is 22.5. The third kappa shape index (κ3) is 8.42. The number of aromatic carboxylic acids is 1. The standard InChI is InChI=1S/C35H39N7O5/c1-21(2)42-30(24-13-8-5-9-14-24)28(23-11-6-4-7-12-23)29(33(45)40-26-18-16-25(17-19-26)34(46)47)31(42)41-32(44)27(39-22(3)43)15-10-20-38-35(36)37/h4-9,11-14,16-19,21,27H,10,15,20H2,1-3H3,(H,39,43)(H,40,45)(H,41,44)(H,46,47)(H4,36,37,38). The van der Waals surface area contributed by atoms with E-state index in [4.69, 9.17) is 11.5 Å². The lowest BCUT2D eigenvalue weighted by molar-refractivity contribution is -0.125. The van der Waals surface area contributed by atoms with Gasteiger partial charge in [0.15, 0.2) is 5.96 Å². The number of carboxylic acids is 1. The maximum absolute atomic E-state index is 14.4. The highest BCUT2D eigenvalue weighted by Crippen LogP contribution is 2.44. The van der Waals surface area contributed by atoms with Gasteiger partial charge in [-0.1, -0.05) is 60.7 Å². The van der Waals surface area contributed by atoms with Crippen molar-refractivity contribution in [3.05, 3.63) is 96.1 Å². The Kier molecular flexibility index (Phi) is 11.1. The number of nitrogens with zero attached hydrogens (tertiary/aromatic N) is 2. The van der Waals surface area contributed by atoms with Crippen LogP contribution in [0.2, 0.25) is 0 Å². The van der Waals surface area contributed by atoms with Crippen molar-refractivity contribution in [2.75, 3.05) is 17.2 Å². The highest BCUT2D eigenvalue weighted by atomic mass is 16.4. The first-order valence-electron chi connectivity index (χ1n) is 15.1. The Balaban J connectivity index is 1.92. The normalized spacial score (nSPS) is 11.4. The number of carboxylic acid groups (broad SMARTS) is 1. The van der Waals surface area contributed by atoms with Gasteiger partial charge >= 0.3 is 5.97 Å². The van der Waals surface area contributed by atoms with Gasteiger partial charge in [-0.05, 0) is 62.1 Å². The summed E-state index contributed by atoms with van der Waals surface area (Å²) in [6.45, 7) is 5.48. The Bertz CT molecular complexity index is 1760. The Morgan fingerprint density at radius 3 is 1.98 bits per heavy atom. The molecule has 1 aromatic heterocycles. The molecule has 3 aromatic carbocycles. The van der Waals surface area contributed by atoms with Crippen LogP contribution in [-0.4, -0.2) is 51.9 Å². The zero-order valence-electron chi connectivity index (χ0n) is 26.5. The lowest BCUT2D eigenvalue weighted by atomic mass is 9.96. The van der Waals surface area contributed by atoms with E-state index in [0.29, 0.717) is 23.4 Å². The molecule has 0 radical (unpaired) electrons. The van der Waals surface area contributed by atoms with Gasteiger partial charge in [-0.3, -0.25) is 19.4 Å². The first-order valence-corrected chi connectivity index (χ1v) is 15.1. The number of carbonyl (C=O) groups is 4. The lowest BCUT2D eigenvalue weighted by Crippen LogP contribution is -2.43. The van der Waals surface area contributed by atoms with Crippen LogP contribution in [0.3, 0.4) is 0 Å². The molecule has 47 heavy (non-hydrogen) atoms. The number of nitrogens with two attached hydrogens (primary N) is 2. The lowest BCUT2D eigenvalue weighted by Gasteiger charge is -2.22. The predicted octanol–water partition coefficient (Wildman–Crippen LogP) is 4.85. The van der Waals surface area contributed by atoms with Crippen molar-refractivity contribution in [1.82, 2.24) is 9.88 Å². The van der Waals surface area contributed by atoms with Crippen molar-refractivity contribution in [2.45, 2.75) is 45.7 Å². The predicted molar refractivity (Wildman–Crippen MR) is 183 cm³/mol. The fraction of sp³-hybridized carbons (Fsp3) is 0.229. The third-order valence-corrected chi connectivity index (χ3v) is 7.33. The van der Waals surface area contributed by atoms with Crippen molar-refractivity contribution in [1.29, 1.82) is 0 Å². The summed E-state index contributed by atoms with van der Waals surface area (Å²) < 4.78 is 1.91. The molecule has 244 valence electrons. The summed E-state index contributed by atoms with van der Waals surface area (Å²) >= 11 is 0. The number of hydrogen-bond donors (Lipinski definition) is 6. The first kappa shape index (κ1) is 34.0. The highest BCUT2D eigenvalue weighted by molar-refractivity contribution is 6.17. The molecule has 0 aliphatic rings. The van der Waals surface area contributed by atoms with Gasteiger partial charge in [0.05, 0.1) is 16.8 Å². The summed E-state index contributed by atoms with van der Waals surface area (Å²) in [4.78, 5) is 55.8. The smallest absolute Gasteiger partial charge is 0.335 e. The fourth-order valence-electron chi connectivity index (χ4n) is 5.33. The number of anilines is 2. The largest absolute Gasteiger partial charge is 0.478 e. The van der Waals surface area contributed by atoms with Gasteiger partial charge < -0.3 is 37.1 Å². The average molecular weight is 638 g/mol. The molecule has 4 aromatic rings. The summed E-state index contributed by atoms with van der Waals surface area (Å²) in [7, 11) is 0. The van der Waals surface area contributed by atoms with E-state index in [-0.39, 0.29) is 41.9 Å². The van der Waals surface area contributed by atoms with Gasteiger partial charge in [0.1, 0.15) is 11.9 Å². The molecule has 0 bridgehead atoms. The van der Waals surface area contributed by atoms with Gasteiger partial charge in [0.25, 0.3) is 5.91 Å². The molecule has 1 heterocycles. The molecule has 0 spiro atoms. The van der Waals surface area contributed by atoms with Crippen molar-refractivity contribution < 1.29 is 24.3 Å². The average Bonchev–Trinajstić information content (AvgIpc) is 3.38. The molecular weight excluding hydrogens is 598 g/mol. The number of amides is 3. The molecular formula is C35H39N7O5. The van der Waals surface area contributed by atoms with Gasteiger partial charge in [0, 0.05) is 30.8 Å². The molecule has 0 saturated heterocycles. The van der Waals surface area contributed by atoms with E-state index < -0.39 is 29.7 Å². The van der Waals surface area contributed by atoms with Crippen LogP contribution in [0.15, 0.2) is 89.9 Å². The van der Waals surface area contributed by atoms with E-state index >= 15 is 0 Å². The molecule has 1 unspecified atom stereocenters.